The minimum Gasteiger partial charge on any atom is -0.396 e. The van der Waals surface area contributed by atoms with Gasteiger partial charge in [0, 0.05) is 18.7 Å². The summed E-state index contributed by atoms with van der Waals surface area (Å²) in [5.74, 6) is -0.0355. The molecule has 4 nitrogen and oxygen atoms in total. The molecule has 1 aromatic rings. The van der Waals surface area contributed by atoms with Crippen molar-refractivity contribution >= 4 is 11.6 Å². The largest absolute Gasteiger partial charge is 0.396 e. The molecule has 0 bridgehead atoms. The number of hydrogen-bond acceptors (Lipinski definition) is 3. The molecule has 92 valence electrons. The molecule has 1 aliphatic heterocycles. The van der Waals surface area contributed by atoms with E-state index in [0.717, 1.165) is 5.69 Å². The van der Waals surface area contributed by atoms with Gasteiger partial charge in [-0.3, -0.25) is 4.79 Å². The lowest BCUT2D eigenvalue weighted by atomic mass is 9.99. The van der Waals surface area contributed by atoms with Crippen molar-refractivity contribution in [1.82, 2.24) is 0 Å². The number of nitrogens with zero attached hydrogens (tertiary/aromatic N) is 1. The maximum absolute atomic E-state index is 11.8. The number of ether oxygens (including phenoxy) is 1. The van der Waals surface area contributed by atoms with Crippen LogP contribution in [-0.2, 0) is 9.53 Å². The van der Waals surface area contributed by atoms with Gasteiger partial charge in [-0.2, -0.15) is 0 Å². The minimum atomic E-state index is -0.460. The van der Waals surface area contributed by atoms with Crippen LogP contribution in [0.25, 0.3) is 0 Å². The molecule has 0 spiro atoms. The van der Waals surface area contributed by atoms with Crippen LogP contribution in [0.1, 0.15) is 13.3 Å². The van der Waals surface area contributed by atoms with E-state index in [1.54, 1.807) is 4.90 Å². The van der Waals surface area contributed by atoms with Gasteiger partial charge in [0.15, 0.2) is 0 Å². The lowest BCUT2D eigenvalue weighted by Gasteiger charge is -2.40. The summed E-state index contributed by atoms with van der Waals surface area (Å²) >= 11 is 0. The lowest BCUT2D eigenvalue weighted by molar-refractivity contribution is -0.138. The Morgan fingerprint density at radius 1 is 1.41 bits per heavy atom. The van der Waals surface area contributed by atoms with Crippen molar-refractivity contribution in [1.29, 1.82) is 0 Å². The fraction of sp³-hybridized carbons (Fsp3) is 0.462. The van der Waals surface area contributed by atoms with Gasteiger partial charge in [-0.05, 0) is 19.1 Å². The number of amides is 1. The predicted molar refractivity (Wildman–Crippen MR) is 64.9 cm³/mol. The van der Waals surface area contributed by atoms with E-state index in [0.29, 0.717) is 13.0 Å². The molecule has 1 aliphatic rings. The maximum atomic E-state index is 11.8. The first kappa shape index (κ1) is 12.1. The van der Waals surface area contributed by atoms with Gasteiger partial charge in [-0.1, -0.05) is 18.2 Å². The van der Waals surface area contributed by atoms with E-state index < -0.39 is 5.60 Å². The number of rotatable bonds is 3. The molecule has 1 heterocycles. The minimum absolute atomic E-state index is 0.0355. The number of carbonyl (C=O) groups excluding carboxylic acids is 1. The van der Waals surface area contributed by atoms with E-state index in [1.807, 2.05) is 37.3 Å². The van der Waals surface area contributed by atoms with Crippen molar-refractivity contribution < 1.29 is 14.6 Å². The summed E-state index contributed by atoms with van der Waals surface area (Å²) in [5.41, 5.74) is 0.420. The highest BCUT2D eigenvalue weighted by Gasteiger charge is 2.36. The number of anilines is 1. The van der Waals surface area contributed by atoms with Gasteiger partial charge in [0.25, 0.3) is 5.91 Å². The van der Waals surface area contributed by atoms with Crippen LogP contribution in [0.2, 0.25) is 0 Å². The van der Waals surface area contributed by atoms with Gasteiger partial charge in [-0.25, -0.2) is 0 Å². The monoisotopic (exact) mass is 235 g/mol. The van der Waals surface area contributed by atoms with Gasteiger partial charge in [0.2, 0.25) is 0 Å². The van der Waals surface area contributed by atoms with Gasteiger partial charge < -0.3 is 14.7 Å². The average Bonchev–Trinajstić information content (AvgIpc) is 2.34. The Balaban J connectivity index is 2.18. The summed E-state index contributed by atoms with van der Waals surface area (Å²) in [6.45, 7) is 2.54. The van der Waals surface area contributed by atoms with Crippen molar-refractivity contribution in [2.24, 2.45) is 0 Å². The summed E-state index contributed by atoms with van der Waals surface area (Å²) in [6, 6.07) is 9.54. The van der Waals surface area contributed by atoms with Crippen LogP contribution in [0.5, 0.6) is 0 Å². The second-order valence-corrected chi connectivity index (χ2v) is 4.53. The highest BCUT2D eigenvalue weighted by atomic mass is 16.5. The van der Waals surface area contributed by atoms with E-state index in [-0.39, 0.29) is 19.1 Å². The maximum Gasteiger partial charge on any atom is 0.253 e. The lowest BCUT2D eigenvalue weighted by Crippen LogP contribution is -2.53. The van der Waals surface area contributed by atoms with Gasteiger partial charge in [-0.15, -0.1) is 0 Å². The second kappa shape index (κ2) is 4.85. The summed E-state index contributed by atoms with van der Waals surface area (Å²) < 4.78 is 5.52. The Bertz CT molecular complexity index is 393. The SMILES string of the molecule is CC1(CCO)CN(c2ccccc2)C(=O)CO1. The summed E-state index contributed by atoms with van der Waals surface area (Å²) in [6.07, 6.45) is 0.531. The van der Waals surface area contributed by atoms with E-state index in [9.17, 15) is 4.79 Å². The molecule has 0 saturated carbocycles. The molecule has 1 fully saturated rings. The number of benzene rings is 1. The van der Waals surface area contributed by atoms with Crippen LogP contribution in [0.4, 0.5) is 5.69 Å². The Hall–Kier alpha value is -1.39. The first-order chi connectivity index (χ1) is 8.14. The Kier molecular flexibility index (Phi) is 3.45. The Morgan fingerprint density at radius 3 is 2.76 bits per heavy atom. The Morgan fingerprint density at radius 2 is 2.12 bits per heavy atom. The number of carbonyl (C=O) groups is 1. The van der Waals surface area contributed by atoms with Crippen LogP contribution in [0.15, 0.2) is 30.3 Å². The molecule has 1 unspecified atom stereocenters. The van der Waals surface area contributed by atoms with Crippen LogP contribution < -0.4 is 4.90 Å². The van der Waals surface area contributed by atoms with E-state index in [2.05, 4.69) is 0 Å². The van der Waals surface area contributed by atoms with E-state index in [1.165, 1.54) is 0 Å². The summed E-state index contributed by atoms with van der Waals surface area (Å²) in [7, 11) is 0. The summed E-state index contributed by atoms with van der Waals surface area (Å²) in [5, 5.41) is 9.02. The number of para-hydroxylation sites is 1. The zero-order valence-corrected chi connectivity index (χ0v) is 9.93. The van der Waals surface area contributed by atoms with Crippen LogP contribution >= 0.6 is 0 Å². The molecular formula is C13H17NO3. The predicted octanol–water partition coefficient (Wildman–Crippen LogP) is 1.19. The highest BCUT2D eigenvalue weighted by molar-refractivity contribution is 5.95. The zero-order chi connectivity index (χ0) is 12.3. The molecule has 17 heavy (non-hydrogen) atoms. The third kappa shape index (κ3) is 2.65. The van der Waals surface area contributed by atoms with Crippen molar-refractivity contribution in [2.75, 3.05) is 24.7 Å². The second-order valence-electron chi connectivity index (χ2n) is 4.53. The average molecular weight is 235 g/mol. The molecule has 0 radical (unpaired) electrons. The van der Waals surface area contributed by atoms with Crippen molar-refractivity contribution in [3.8, 4) is 0 Å². The summed E-state index contributed by atoms with van der Waals surface area (Å²) in [4.78, 5) is 13.5. The standard InChI is InChI=1S/C13H17NO3/c1-13(7-8-15)10-14(12(16)9-17-13)11-5-3-2-4-6-11/h2-6,15H,7-10H2,1H3. The molecule has 2 rings (SSSR count). The number of aliphatic hydroxyl groups excluding tert-OH is 1. The van der Waals surface area contributed by atoms with Crippen molar-refractivity contribution in [3.63, 3.8) is 0 Å². The van der Waals surface area contributed by atoms with Gasteiger partial charge >= 0.3 is 0 Å². The molecule has 0 aliphatic carbocycles. The van der Waals surface area contributed by atoms with Crippen LogP contribution in [-0.4, -0.2) is 36.4 Å². The van der Waals surface area contributed by atoms with E-state index in [4.69, 9.17) is 9.84 Å². The van der Waals surface area contributed by atoms with Gasteiger partial charge in [0.1, 0.15) is 6.61 Å². The number of aliphatic hydroxyl groups is 1. The number of morpholine rings is 1. The fourth-order valence-electron chi connectivity index (χ4n) is 2.01. The Labute approximate surface area is 101 Å². The molecule has 1 atom stereocenters. The molecule has 1 aromatic carbocycles. The van der Waals surface area contributed by atoms with Crippen LogP contribution in [0.3, 0.4) is 0 Å². The molecule has 1 N–H and O–H groups in total. The van der Waals surface area contributed by atoms with Crippen molar-refractivity contribution in [3.05, 3.63) is 30.3 Å². The molecular weight excluding hydrogens is 218 g/mol. The highest BCUT2D eigenvalue weighted by Crippen LogP contribution is 2.26. The first-order valence-electron chi connectivity index (χ1n) is 5.75. The fourth-order valence-corrected chi connectivity index (χ4v) is 2.01. The van der Waals surface area contributed by atoms with Crippen LogP contribution in [0, 0.1) is 0 Å². The van der Waals surface area contributed by atoms with Crippen molar-refractivity contribution in [2.45, 2.75) is 18.9 Å². The molecule has 4 heteroatoms. The van der Waals surface area contributed by atoms with E-state index >= 15 is 0 Å². The smallest absolute Gasteiger partial charge is 0.253 e. The normalized spacial score (nSPS) is 25.1. The quantitative estimate of drug-likeness (QED) is 0.856. The molecule has 1 saturated heterocycles. The number of hydrogen-bond donors (Lipinski definition) is 1. The molecule has 0 aromatic heterocycles. The first-order valence-corrected chi connectivity index (χ1v) is 5.75. The topological polar surface area (TPSA) is 49.8 Å². The van der Waals surface area contributed by atoms with Gasteiger partial charge in [0.05, 0.1) is 12.1 Å². The molecule has 1 amide bonds. The third-order valence-electron chi connectivity index (χ3n) is 3.05. The third-order valence-corrected chi connectivity index (χ3v) is 3.05. The zero-order valence-electron chi connectivity index (χ0n) is 9.93.